The fourth-order valence-electron chi connectivity index (χ4n) is 2.15. The average molecular weight is 376 g/mol. The van der Waals surface area contributed by atoms with Crippen molar-refractivity contribution >= 4 is 27.4 Å². The van der Waals surface area contributed by atoms with Gasteiger partial charge >= 0.3 is 0 Å². The zero-order chi connectivity index (χ0) is 19.2. The molecule has 2 rings (SSSR count). The molecule has 0 saturated carbocycles. The van der Waals surface area contributed by atoms with Gasteiger partial charge in [-0.15, -0.1) is 0 Å². The predicted molar refractivity (Wildman–Crippen MR) is 97.9 cm³/mol. The molecular weight excluding hydrogens is 356 g/mol. The second kappa shape index (κ2) is 8.59. The van der Waals surface area contributed by atoms with E-state index in [1.54, 1.807) is 36.4 Å². The Morgan fingerprint density at radius 3 is 2.15 bits per heavy atom. The van der Waals surface area contributed by atoms with Crippen LogP contribution in [0.15, 0.2) is 53.4 Å². The number of ether oxygens (including phenoxy) is 1. The van der Waals surface area contributed by atoms with Crippen LogP contribution in [0.25, 0.3) is 0 Å². The first-order valence-corrected chi connectivity index (χ1v) is 9.35. The minimum Gasteiger partial charge on any atom is -0.497 e. The highest BCUT2D eigenvalue weighted by Gasteiger charge is 2.14. The second-order valence-corrected chi connectivity index (χ2v) is 7.27. The van der Waals surface area contributed by atoms with Crippen molar-refractivity contribution in [1.82, 2.24) is 4.72 Å². The summed E-state index contributed by atoms with van der Waals surface area (Å²) in [5, 5.41) is 2.65. The van der Waals surface area contributed by atoms with E-state index in [0.717, 1.165) is 0 Å². The van der Waals surface area contributed by atoms with Crippen LogP contribution in [-0.4, -0.2) is 33.8 Å². The molecule has 0 aliphatic carbocycles. The van der Waals surface area contributed by atoms with Gasteiger partial charge in [0.25, 0.3) is 0 Å². The molecule has 0 radical (unpaired) electrons. The highest BCUT2D eigenvalue weighted by molar-refractivity contribution is 7.89. The third-order valence-electron chi connectivity index (χ3n) is 3.59. The summed E-state index contributed by atoms with van der Waals surface area (Å²) in [6, 6.07) is 12.4. The van der Waals surface area contributed by atoms with Crippen molar-refractivity contribution < 1.29 is 22.7 Å². The molecule has 7 nitrogen and oxygen atoms in total. The highest BCUT2D eigenvalue weighted by atomic mass is 32.2. The molecule has 0 fully saturated rings. The van der Waals surface area contributed by atoms with Crippen molar-refractivity contribution in [3.8, 4) is 5.75 Å². The molecule has 0 aromatic heterocycles. The van der Waals surface area contributed by atoms with Crippen molar-refractivity contribution in [1.29, 1.82) is 0 Å². The molecule has 26 heavy (non-hydrogen) atoms. The average Bonchev–Trinajstić information content (AvgIpc) is 2.62. The normalized spacial score (nSPS) is 11.0. The number of rotatable bonds is 8. The quantitative estimate of drug-likeness (QED) is 0.688. The lowest BCUT2D eigenvalue weighted by atomic mass is 10.1. The number of anilines is 1. The first-order valence-electron chi connectivity index (χ1n) is 7.86. The Kier molecular flexibility index (Phi) is 6.48. The lowest BCUT2D eigenvalue weighted by molar-refractivity contribution is -0.116. The monoisotopic (exact) mass is 376 g/mol. The van der Waals surface area contributed by atoms with Gasteiger partial charge < -0.3 is 10.1 Å². The van der Waals surface area contributed by atoms with Gasteiger partial charge in [-0.25, -0.2) is 13.1 Å². The Morgan fingerprint density at radius 2 is 1.62 bits per heavy atom. The van der Waals surface area contributed by atoms with E-state index >= 15 is 0 Å². The molecular formula is C18H20N2O5S. The van der Waals surface area contributed by atoms with Gasteiger partial charge in [-0.1, -0.05) is 0 Å². The van der Waals surface area contributed by atoms with E-state index in [1.165, 1.54) is 26.2 Å². The SMILES string of the molecule is COc1ccc(S(=O)(=O)NCCC(=O)Nc2ccc(C(C)=O)cc2)cc1. The maximum Gasteiger partial charge on any atom is 0.240 e. The summed E-state index contributed by atoms with van der Waals surface area (Å²) in [6.45, 7) is 1.42. The van der Waals surface area contributed by atoms with Gasteiger partial charge in [-0.2, -0.15) is 0 Å². The zero-order valence-electron chi connectivity index (χ0n) is 14.5. The van der Waals surface area contributed by atoms with E-state index in [-0.39, 0.29) is 29.6 Å². The Morgan fingerprint density at radius 1 is 1.00 bits per heavy atom. The number of sulfonamides is 1. The van der Waals surface area contributed by atoms with Gasteiger partial charge in [0, 0.05) is 24.2 Å². The van der Waals surface area contributed by atoms with Crippen LogP contribution >= 0.6 is 0 Å². The van der Waals surface area contributed by atoms with E-state index < -0.39 is 10.0 Å². The van der Waals surface area contributed by atoms with E-state index in [1.807, 2.05) is 0 Å². The fourth-order valence-corrected chi connectivity index (χ4v) is 3.18. The number of amides is 1. The van der Waals surface area contributed by atoms with Gasteiger partial charge in [-0.3, -0.25) is 9.59 Å². The number of ketones is 1. The van der Waals surface area contributed by atoms with Crippen LogP contribution in [0.5, 0.6) is 5.75 Å². The zero-order valence-corrected chi connectivity index (χ0v) is 15.3. The van der Waals surface area contributed by atoms with E-state index in [2.05, 4.69) is 10.0 Å². The summed E-state index contributed by atoms with van der Waals surface area (Å²) in [5.74, 6) is 0.160. The molecule has 2 aromatic carbocycles. The van der Waals surface area contributed by atoms with Crippen LogP contribution in [0.3, 0.4) is 0 Å². The molecule has 2 aromatic rings. The van der Waals surface area contributed by atoms with Crippen LogP contribution in [0.4, 0.5) is 5.69 Å². The van der Waals surface area contributed by atoms with Crippen molar-refractivity contribution in [3.05, 3.63) is 54.1 Å². The van der Waals surface area contributed by atoms with Crippen molar-refractivity contribution in [2.45, 2.75) is 18.2 Å². The lowest BCUT2D eigenvalue weighted by Gasteiger charge is -2.08. The maximum absolute atomic E-state index is 12.2. The molecule has 8 heteroatoms. The van der Waals surface area contributed by atoms with Crippen molar-refractivity contribution in [3.63, 3.8) is 0 Å². The second-order valence-electron chi connectivity index (χ2n) is 5.51. The third kappa shape index (κ3) is 5.40. The van der Waals surface area contributed by atoms with E-state index in [0.29, 0.717) is 17.0 Å². The number of hydrogen-bond donors (Lipinski definition) is 2. The molecule has 1 amide bonds. The van der Waals surface area contributed by atoms with Gasteiger partial charge in [0.2, 0.25) is 15.9 Å². The Bertz CT molecular complexity index is 875. The van der Waals surface area contributed by atoms with E-state index in [9.17, 15) is 18.0 Å². The molecule has 0 aliphatic heterocycles. The van der Waals surface area contributed by atoms with Gasteiger partial charge in [0.1, 0.15) is 5.75 Å². The van der Waals surface area contributed by atoms with Crippen LogP contribution in [0.1, 0.15) is 23.7 Å². The standard InChI is InChI=1S/C18H20N2O5S/c1-13(21)14-3-5-15(6-4-14)20-18(22)11-12-19-26(23,24)17-9-7-16(25-2)8-10-17/h3-10,19H,11-12H2,1-2H3,(H,20,22). The van der Waals surface area contributed by atoms with Crippen LogP contribution < -0.4 is 14.8 Å². The Labute approximate surface area is 152 Å². The van der Waals surface area contributed by atoms with Crippen LogP contribution in [0.2, 0.25) is 0 Å². The van der Waals surface area contributed by atoms with E-state index in [4.69, 9.17) is 4.74 Å². The Balaban J connectivity index is 1.85. The highest BCUT2D eigenvalue weighted by Crippen LogP contribution is 2.15. The smallest absolute Gasteiger partial charge is 0.240 e. The molecule has 0 bridgehead atoms. The van der Waals surface area contributed by atoms with Gasteiger partial charge in [0.05, 0.1) is 12.0 Å². The topological polar surface area (TPSA) is 102 Å². The number of carbonyl (C=O) groups excluding carboxylic acids is 2. The molecule has 0 aliphatic rings. The molecule has 0 unspecified atom stereocenters. The minimum absolute atomic E-state index is 0.0240. The predicted octanol–water partition coefficient (Wildman–Crippen LogP) is 2.20. The molecule has 0 saturated heterocycles. The minimum atomic E-state index is -3.69. The van der Waals surface area contributed by atoms with Crippen LogP contribution in [-0.2, 0) is 14.8 Å². The molecule has 0 spiro atoms. The number of hydrogen-bond acceptors (Lipinski definition) is 5. The van der Waals surface area contributed by atoms with Crippen LogP contribution in [0, 0.1) is 0 Å². The first kappa shape index (κ1) is 19.6. The fraction of sp³-hybridized carbons (Fsp3) is 0.222. The van der Waals surface area contributed by atoms with Crippen molar-refractivity contribution in [2.75, 3.05) is 19.0 Å². The third-order valence-corrected chi connectivity index (χ3v) is 5.07. The summed E-state index contributed by atoms with van der Waals surface area (Å²) in [4.78, 5) is 23.2. The maximum atomic E-state index is 12.2. The lowest BCUT2D eigenvalue weighted by Crippen LogP contribution is -2.27. The summed E-state index contributed by atoms with van der Waals surface area (Å²) >= 11 is 0. The molecule has 0 heterocycles. The number of carbonyl (C=O) groups is 2. The number of nitrogens with one attached hydrogen (secondary N) is 2. The number of Topliss-reactive ketones (excluding diaryl/α,β-unsaturated/α-hetero) is 1. The van der Waals surface area contributed by atoms with Crippen molar-refractivity contribution in [2.24, 2.45) is 0 Å². The largest absolute Gasteiger partial charge is 0.497 e. The molecule has 2 N–H and O–H groups in total. The molecule has 0 atom stereocenters. The Hall–Kier alpha value is -2.71. The summed E-state index contributed by atoms with van der Waals surface area (Å²) in [7, 11) is -2.20. The first-order chi connectivity index (χ1) is 12.3. The van der Waals surface area contributed by atoms with Gasteiger partial charge in [-0.05, 0) is 55.5 Å². The van der Waals surface area contributed by atoms with Gasteiger partial charge in [0.15, 0.2) is 5.78 Å². The molecule has 138 valence electrons. The summed E-state index contributed by atoms with van der Waals surface area (Å²) in [6.07, 6.45) is -0.0240. The number of benzene rings is 2. The summed E-state index contributed by atoms with van der Waals surface area (Å²) < 4.78 is 31.7. The number of methoxy groups -OCH3 is 1. The summed E-state index contributed by atoms with van der Waals surface area (Å²) in [5.41, 5.74) is 1.09.